The Kier molecular flexibility index (Phi) is 7.98. The molecule has 0 aliphatic rings. The number of halogens is 3. The first-order chi connectivity index (χ1) is 15.3. The lowest BCUT2D eigenvalue weighted by Crippen LogP contribution is -2.39. The minimum absolute atomic E-state index is 0.0171. The van der Waals surface area contributed by atoms with E-state index in [-0.39, 0.29) is 11.4 Å². The van der Waals surface area contributed by atoms with Gasteiger partial charge in [0.1, 0.15) is 5.82 Å². The average molecular weight is 494 g/mol. The van der Waals surface area contributed by atoms with E-state index in [2.05, 4.69) is 10.5 Å². The minimum Gasteiger partial charge on any atom is -0.272 e. The second-order valence-corrected chi connectivity index (χ2v) is 9.44. The molecule has 0 heterocycles. The number of nitrogens with zero attached hydrogens (tertiary/aromatic N) is 2. The minimum atomic E-state index is -4.05. The van der Waals surface area contributed by atoms with Crippen LogP contribution in [-0.2, 0) is 21.4 Å². The largest absolute Gasteiger partial charge is 0.272 e. The quantitative estimate of drug-likeness (QED) is 0.371. The summed E-state index contributed by atoms with van der Waals surface area (Å²) in [5, 5.41) is 4.56. The van der Waals surface area contributed by atoms with Gasteiger partial charge >= 0.3 is 0 Å². The highest BCUT2D eigenvalue weighted by molar-refractivity contribution is 7.89. The highest BCUT2D eigenvalue weighted by Crippen LogP contribution is 2.23. The topological polar surface area (TPSA) is 78.8 Å². The zero-order valence-corrected chi connectivity index (χ0v) is 18.9. The Balaban J connectivity index is 1.80. The van der Waals surface area contributed by atoms with Crippen molar-refractivity contribution < 1.29 is 17.6 Å². The van der Waals surface area contributed by atoms with E-state index < -0.39 is 28.3 Å². The van der Waals surface area contributed by atoms with Crippen molar-refractivity contribution in [2.24, 2.45) is 5.10 Å². The molecular formula is C22H18Cl2FN3O3S. The molecule has 3 rings (SSSR count). The Morgan fingerprint density at radius 2 is 1.66 bits per heavy atom. The molecule has 0 aromatic heterocycles. The molecule has 3 aromatic rings. The molecule has 0 spiro atoms. The molecule has 166 valence electrons. The summed E-state index contributed by atoms with van der Waals surface area (Å²) < 4.78 is 40.4. The predicted molar refractivity (Wildman–Crippen MR) is 123 cm³/mol. The normalized spacial score (nSPS) is 11.8. The Morgan fingerprint density at radius 1 is 1.00 bits per heavy atom. The van der Waals surface area contributed by atoms with Gasteiger partial charge in [0.25, 0.3) is 5.91 Å². The van der Waals surface area contributed by atoms with Crippen molar-refractivity contribution in [3.8, 4) is 0 Å². The van der Waals surface area contributed by atoms with E-state index in [1.54, 1.807) is 24.3 Å². The maximum Gasteiger partial charge on any atom is 0.255 e. The number of hydrogen-bond acceptors (Lipinski definition) is 4. The van der Waals surface area contributed by atoms with Crippen LogP contribution < -0.4 is 5.43 Å². The number of hydrogen-bond donors (Lipinski definition) is 1. The zero-order chi connectivity index (χ0) is 23.1. The van der Waals surface area contributed by atoms with Crippen LogP contribution >= 0.6 is 23.2 Å². The van der Waals surface area contributed by atoms with Crippen LogP contribution in [0.2, 0.25) is 10.0 Å². The third-order valence-corrected chi connectivity index (χ3v) is 6.78. The molecule has 6 nitrogen and oxygen atoms in total. The van der Waals surface area contributed by atoms with Gasteiger partial charge in [0.15, 0.2) is 0 Å². The lowest BCUT2D eigenvalue weighted by atomic mass is 10.2. The zero-order valence-electron chi connectivity index (χ0n) is 16.6. The maximum atomic E-state index is 13.2. The van der Waals surface area contributed by atoms with E-state index in [0.717, 1.165) is 4.31 Å². The number of nitrogens with one attached hydrogen (secondary N) is 1. The molecule has 10 heteroatoms. The van der Waals surface area contributed by atoms with Gasteiger partial charge in [-0.1, -0.05) is 53.5 Å². The molecule has 0 aliphatic carbocycles. The van der Waals surface area contributed by atoms with Gasteiger partial charge in [-0.05, 0) is 53.6 Å². The second-order valence-electron chi connectivity index (χ2n) is 6.66. The third-order valence-electron chi connectivity index (χ3n) is 4.35. The van der Waals surface area contributed by atoms with Gasteiger partial charge in [-0.3, -0.25) is 4.79 Å². The molecule has 0 unspecified atom stereocenters. The highest BCUT2D eigenvalue weighted by Gasteiger charge is 2.27. The lowest BCUT2D eigenvalue weighted by Gasteiger charge is -2.22. The first-order valence-corrected chi connectivity index (χ1v) is 11.5. The van der Waals surface area contributed by atoms with Crippen molar-refractivity contribution >= 4 is 45.3 Å². The number of rotatable bonds is 8. The van der Waals surface area contributed by atoms with E-state index in [9.17, 15) is 17.6 Å². The highest BCUT2D eigenvalue weighted by atomic mass is 35.5. The number of hydrazone groups is 1. The van der Waals surface area contributed by atoms with Crippen LogP contribution in [0.15, 0.2) is 82.8 Å². The van der Waals surface area contributed by atoms with Gasteiger partial charge < -0.3 is 0 Å². The van der Waals surface area contributed by atoms with E-state index in [1.165, 1.54) is 54.7 Å². The summed E-state index contributed by atoms with van der Waals surface area (Å²) in [6.07, 6.45) is 1.32. The lowest BCUT2D eigenvalue weighted by molar-refractivity contribution is -0.121. The van der Waals surface area contributed by atoms with Crippen LogP contribution in [0.1, 0.15) is 11.1 Å². The Hall–Kier alpha value is -2.78. The summed E-state index contributed by atoms with van der Waals surface area (Å²) in [5.41, 5.74) is 3.39. The van der Waals surface area contributed by atoms with Crippen LogP contribution in [0.3, 0.4) is 0 Å². The Labute approximate surface area is 195 Å². The number of sulfonamides is 1. The standard InChI is InChI=1S/C22H18Cl2FN3O3S/c23-18-7-11-20(12-8-18)32(30,31)28(14-17-3-1-2-4-21(17)24)15-22(29)27-26-13-16-5-9-19(25)10-6-16/h1-13H,14-15H2,(H,27,29)/b26-13+. The molecule has 1 N–H and O–H groups in total. The van der Waals surface area contributed by atoms with Gasteiger partial charge in [-0.15, -0.1) is 0 Å². The monoisotopic (exact) mass is 493 g/mol. The summed E-state index contributed by atoms with van der Waals surface area (Å²) in [4.78, 5) is 12.4. The van der Waals surface area contributed by atoms with Crippen molar-refractivity contribution in [3.63, 3.8) is 0 Å². The summed E-state index contributed by atoms with van der Waals surface area (Å²) in [6.45, 7) is -0.628. The van der Waals surface area contributed by atoms with Crippen molar-refractivity contribution in [3.05, 3.63) is 99.8 Å². The van der Waals surface area contributed by atoms with Crippen molar-refractivity contribution in [1.82, 2.24) is 9.73 Å². The van der Waals surface area contributed by atoms with Gasteiger partial charge in [-0.2, -0.15) is 9.41 Å². The van der Waals surface area contributed by atoms with Crippen LogP contribution in [0, 0.1) is 5.82 Å². The van der Waals surface area contributed by atoms with Crippen molar-refractivity contribution in [2.45, 2.75) is 11.4 Å². The molecule has 32 heavy (non-hydrogen) atoms. The van der Waals surface area contributed by atoms with E-state index in [1.807, 2.05) is 0 Å². The maximum absolute atomic E-state index is 13.2. The van der Waals surface area contributed by atoms with Gasteiger partial charge in [0.2, 0.25) is 10.0 Å². The molecule has 0 saturated carbocycles. The number of carbonyl (C=O) groups is 1. The van der Waals surface area contributed by atoms with Crippen LogP contribution in [0.4, 0.5) is 4.39 Å². The van der Waals surface area contributed by atoms with E-state index in [4.69, 9.17) is 23.2 Å². The molecule has 0 radical (unpaired) electrons. The van der Waals surface area contributed by atoms with Gasteiger partial charge in [-0.25, -0.2) is 18.2 Å². The number of carbonyl (C=O) groups excluding carboxylic acids is 1. The summed E-state index contributed by atoms with van der Waals surface area (Å²) in [5.74, 6) is -1.05. The smallest absolute Gasteiger partial charge is 0.255 e. The summed E-state index contributed by atoms with van der Waals surface area (Å²) in [7, 11) is -4.05. The van der Waals surface area contributed by atoms with Crippen molar-refractivity contribution in [1.29, 1.82) is 0 Å². The van der Waals surface area contributed by atoms with E-state index >= 15 is 0 Å². The van der Waals surface area contributed by atoms with Crippen LogP contribution in [0.5, 0.6) is 0 Å². The molecular weight excluding hydrogens is 476 g/mol. The number of benzene rings is 3. The SMILES string of the molecule is O=C(CN(Cc1ccccc1Cl)S(=O)(=O)c1ccc(Cl)cc1)N/N=C/c1ccc(F)cc1. The molecule has 0 aliphatic heterocycles. The van der Waals surface area contributed by atoms with Crippen molar-refractivity contribution in [2.75, 3.05) is 6.54 Å². The number of amides is 1. The molecule has 0 atom stereocenters. The molecule has 3 aromatic carbocycles. The summed E-state index contributed by atoms with van der Waals surface area (Å²) in [6, 6.07) is 17.9. The third kappa shape index (κ3) is 6.37. The fourth-order valence-corrected chi connectivity index (χ4v) is 4.42. The molecule has 0 saturated heterocycles. The Morgan fingerprint density at radius 3 is 2.31 bits per heavy atom. The molecule has 0 bridgehead atoms. The molecule has 0 fully saturated rings. The van der Waals surface area contributed by atoms with Crippen LogP contribution in [-0.4, -0.2) is 31.4 Å². The first-order valence-electron chi connectivity index (χ1n) is 9.32. The first kappa shape index (κ1) is 23.9. The fraction of sp³-hybridized carbons (Fsp3) is 0.0909. The predicted octanol–water partition coefficient (Wildman–Crippen LogP) is 4.47. The second kappa shape index (κ2) is 10.7. The van der Waals surface area contributed by atoms with Gasteiger partial charge in [0, 0.05) is 16.6 Å². The fourth-order valence-electron chi connectivity index (χ4n) is 2.72. The Bertz CT molecular complexity index is 1220. The van der Waals surface area contributed by atoms with Gasteiger partial charge in [0.05, 0.1) is 17.7 Å². The summed E-state index contributed by atoms with van der Waals surface area (Å²) >= 11 is 12.1. The molecule has 1 amide bonds. The van der Waals surface area contributed by atoms with E-state index in [0.29, 0.717) is 21.2 Å². The average Bonchev–Trinajstić information content (AvgIpc) is 2.76. The van der Waals surface area contributed by atoms with Crippen LogP contribution in [0.25, 0.3) is 0 Å².